The van der Waals surface area contributed by atoms with E-state index >= 15 is 0 Å². The first-order chi connectivity index (χ1) is 9.72. The Hall–Kier alpha value is -2.56. The maximum absolute atomic E-state index is 12.8. The predicted octanol–water partition coefficient (Wildman–Crippen LogP) is 2.71. The van der Waals surface area contributed by atoms with Gasteiger partial charge >= 0.3 is 0 Å². The molecule has 0 aliphatic heterocycles. The Morgan fingerprint density at radius 1 is 1.15 bits per heavy atom. The zero-order valence-electron chi connectivity index (χ0n) is 11.0. The van der Waals surface area contributed by atoms with Crippen LogP contribution in [0.15, 0.2) is 47.6 Å². The van der Waals surface area contributed by atoms with Gasteiger partial charge in [-0.15, -0.1) is 0 Å². The summed E-state index contributed by atoms with van der Waals surface area (Å²) < 4.78 is 23.7. The number of ether oxygens (including phenoxy) is 2. The highest BCUT2D eigenvalue weighted by atomic mass is 19.1. The summed E-state index contributed by atoms with van der Waals surface area (Å²) in [6.45, 7) is 0.319. The molecule has 0 fully saturated rings. The van der Waals surface area contributed by atoms with E-state index in [0.717, 1.165) is 11.1 Å². The maximum Gasteiger partial charge on any atom is 0.162 e. The minimum absolute atomic E-state index is 0.271. The van der Waals surface area contributed by atoms with E-state index in [2.05, 4.69) is 5.10 Å². The van der Waals surface area contributed by atoms with Crippen molar-refractivity contribution in [2.75, 3.05) is 7.11 Å². The number of nitrogens with zero attached hydrogens (tertiary/aromatic N) is 1. The molecule has 2 N–H and O–H groups in total. The first-order valence-corrected chi connectivity index (χ1v) is 6.01. The van der Waals surface area contributed by atoms with E-state index < -0.39 is 0 Å². The molecule has 0 saturated carbocycles. The molecule has 4 nitrogen and oxygen atoms in total. The van der Waals surface area contributed by atoms with E-state index in [1.54, 1.807) is 31.4 Å². The van der Waals surface area contributed by atoms with E-state index in [9.17, 15) is 4.39 Å². The monoisotopic (exact) mass is 274 g/mol. The van der Waals surface area contributed by atoms with Gasteiger partial charge in [0.15, 0.2) is 11.5 Å². The Morgan fingerprint density at radius 2 is 1.90 bits per heavy atom. The smallest absolute Gasteiger partial charge is 0.162 e. The summed E-state index contributed by atoms with van der Waals surface area (Å²) >= 11 is 0. The van der Waals surface area contributed by atoms with E-state index in [0.29, 0.717) is 18.1 Å². The second-order valence-electron chi connectivity index (χ2n) is 4.10. The molecule has 2 aromatic carbocycles. The molecule has 20 heavy (non-hydrogen) atoms. The Kier molecular flexibility index (Phi) is 4.55. The second-order valence-corrected chi connectivity index (χ2v) is 4.10. The molecule has 0 aliphatic carbocycles. The van der Waals surface area contributed by atoms with Crippen molar-refractivity contribution >= 4 is 6.21 Å². The number of methoxy groups -OCH3 is 1. The number of hydrazone groups is 1. The number of hydrogen-bond acceptors (Lipinski definition) is 4. The summed E-state index contributed by atoms with van der Waals surface area (Å²) in [6.07, 6.45) is 1.52. The zero-order chi connectivity index (χ0) is 14.4. The third-order valence-corrected chi connectivity index (χ3v) is 2.72. The van der Waals surface area contributed by atoms with Gasteiger partial charge < -0.3 is 15.3 Å². The van der Waals surface area contributed by atoms with Gasteiger partial charge in [-0.2, -0.15) is 5.10 Å². The first-order valence-electron chi connectivity index (χ1n) is 6.01. The zero-order valence-corrected chi connectivity index (χ0v) is 11.0. The fourth-order valence-electron chi connectivity index (χ4n) is 1.71. The largest absolute Gasteiger partial charge is 0.493 e. The van der Waals surface area contributed by atoms with Crippen LogP contribution in [0.1, 0.15) is 11.1 Å². The highest BCUT2D eigenvalue weighted by Crippen LogP contribution is 2.28. The van der Waals surface area contributed by atoms with E-state index in [1.165, 1.54) is 18.3 Å². The van der Waals surface area contributed by atoms with Crippen LogP contribution in [0, 0.1) is 5.82 Å². The van der Waals surface area contributed by atoms with Crippen LogP contribution in [0.5, 0.6) is 11.5 Å². The van der Waals surface area contributed by atoms with Crippen molar-refractivity contribution in [3.05, 3.63) is 59.4 Å². The molecule has 104 valence electrons. The lowest BCUT2D eigenvalue weighted by atomic mass is 10.2. The number of nitrogens with two attached hydrogens (primary N) is 1. The Labute approximate surface area is 116 Å². The van der Waals surface area contributed by atoms with Crippen LogP contribution in [0.4, 0.5) is 4.39 Å². The molecular formula is C15H15FN2O2. The minimum Gasteiger partial charge on any atom is -0.493 e. The summed E-state index contributed by atoms with van der Waals surface area (Å²) in [5.74, 6) is 6.04. The molecule has 0 amide bonds. The molecule has 0 atom stereocenters. The lowest BCUT2D eigenvalue weighted by molar-refractivity contribution is 0.284. The Balaban J connectivity index is 2.14. The molecule has 0 spiro atoms. The number of benzene rings is 2. The second kappa shape index (κ2) is 6.56. The van der Waals surface area contributed by atoms with Crippen molar-refractivity contribution in [3.8, 4) is 11.5 Å². The Bertz CT molecular complexity index is 597. The van der Waals surface area contributed by atoms with Crippen LogP contribution in [0.25, 0.3) is 0 Å². The average molecular weight is 274 g/mol. The van der Waals surface area contributed by atoms with Gasteiger partial charge in [0.2, 0.25) is 0 Å². The standard InChI is InChI=1S/C15H15FN2O2/c1-19-14-7-4-12(9-18-17)8-15(14)20-10-11-2-5-13(16)6-3-11/h2-9H,10,17H2,1H3. The minimum atomic E-state index is -0.271. The molecule has 2 aromatic rings. The molecular weight excluding hydrogens is 259 g/mol. The van der Waals surface area contributed by atoms with Gasteiger partial charge in [0.1, 0.15) is 12.4 Å². The lowest BCUT2D eigenvalue weighted by Gasteiger charge is -2.11. The van der Waals surface area contributed by atoms with Crippen molar-refractivity contribution in [2.24, 2.45) is 10.9 Å². The van der Waals surface area contributed by atoms with Crippen LogP contribution in [0.3, 0.4) is 0 Å². The van der Waals surface area contributed by atoms with Crippen molar-refractivity contribution in [1.29, 1.82) is 0 Å². The third-order valence-electron chi connectivity index (χ3n) is 2.72. The normalized spacial score (nSPS) is 10.7. The topological polar surface area (TPSA) is 56.8 Å². The van der Waals surface area contributed by atoms with Gasteiger partial charge in [0, 0.05) is 0 Å². The summed E-state index contributed by atoms with van der Waals surface area (Å²) in [6, 6.07) is 11.5. The van der Waals surface area contributed by atoms with Crippen molar-refractivity contribution in [2.45, 2.75) is 6.61 Å². The van der Waals surface area contributed by atoms with Crippen LogP contribution in [-0.4, -0.2) is 13.3 Å². The quantitative estimate of drug-likeness (QED) is 0.518. The predicted molar refractivity (Wildman–Crippen MR) is 75.5 cm³/mol. The number of rotatable bonds is 5. The molecule has 2 rings (SSSR count). The van der Waals surface area contributed by atoms with Gasteiger partial charge in [-0.05, 0) is 41.5 Å². The van der Waals surface area contributed by atoms with Crippen LogP contribution in [-0.2, 0) is 6.61 Å². The summed E-state index contributed by atoms with van der Waals surface area (Å²) in [5, 5.41) is 3.47. The molecule has 5 heteroatoms. The van der Waals surface area contributed by atoms with Crippen LogP contribution < -0.4 is 15.3 Å². The van der Waals surface area contributed by atoms with Gasteiger partial charge in [0.25, 0.3) is 0 Å². The molecule has 0 radical (unpaired) electrons. The van der Waals surface area contributed by atoms with Crippen molar-refractivity contribution in [3.63, 3.8) is 0 Å². The van der Waals surface area contributed by atoms with Crippen LogP contribution >= 0.6 is 0 Å². The molecule has 0 saturated heterocycles. The number of hydrogen-bond donors (Lipinski definition) is 1. The van der Waals surface area contributed by atoms with E-state index in [4.69, 9.17) is 15.3 Å². The van der Waals surface area contributed by atoms with Gasteiger partial charge in [-0.1, -0.05) is 12.1 Å². The van der Waals surface area contributed by atoms with Gasteiger partial charge in [-0.25, -0.2) is 4.39 Å². The van der Waals surface area contributed by atoms with Crippen LogP contribution in [0.2, 0.25) is 0 Å². The highest BCUT2D eigenvalue weighted by molar-refractivity contribution is 5.80. The SMILES string of the molecule is COc1ccc(C=NN)cc1OCc1ccc(F)cc1. The molecule has 0 aliphatic rings. The van der Waals surface area contributed by atoms with E-state index in [1.807, 2.05) is 6.07 Å². The fourth-order valence-corrected chi connectivity index (χ4v) is 1.71. The van der Waals surface area contributed by atoms with Gasteiger partial charge in [0.05, 0.1) is 13.3 Å². The summed E-state index contributed by atoms with van der Waals surface area (Å²) in [4.78, 5) is 0. The summed E-state index contributed by atoms with van der Waals surface area (Å²) in [5.41, 5.74) is 1.67. The first kappa shape index (κ1) is 13.9. The lowest BCUT2D eigenvalue weighted by Crippen LogP contribution is -1.99. The van der Waals surface area contributed by atoms with Gasteiger partial charge in [-0.3, -0.25) is 0 Å². The van der Waals surface area contributed by atoms with Crippen molar-refractivity contribution in [1.82, 2.24) is 0 Å². The molecule has 0 aromatic heterocycles. The maximum atomic E-state index is 12.8. The Morgan fingerprint density at radius 3 is 2.55 bits per heavy atom. The third kappa shape index (κ3) is 3.47. The fraction of sp³-hybridized carbons (Fsp3) is 0.133. The average Bonchev–Trinajstić information content (AvgIpc) is 2.47. The van der Waals surface area contributed by atoms with Crippen molar-refractivity contribution < 1.29 is 13.9 Å². The molecule has 0 bridgehead atoms. The highest BCUT2D eigenvalue weighted by Gasteiger charge is 2.05. The number of halogens is 1. The van der Waals surface area contributed by atoms with E-state index in [-0.39, 0.29) is 5.82 Å². The molecule has 0 heterocycles. The molecule has 0 unspecified atom stereocenters. The summed E-state index contributed by atoms with van der Waals surface area (Å²) in [7, 11) is 1.57.